The molecule has 0 saturated heterocycles. The summed E-state index contributed by atoms with van der Waals surface area (Å²) in [5.41, 5.74) is 1.70. The molecule has 1 amide bonds. The number of imidazole rings is 1. The Bertz CT molecular complexity index is 1500. The van der Waals surface area contributed by atoms with Crippen molar-refractivity contribution in [2.45, 2.75) is 32.9 Å². The van der Waals surface area contributed by atoms with Gasteiger partial charge in [0.05, 0.1) is 25.0 Å². The summed E-state index contributed by atoms with van der Waals surface area (Å²) in [7, 11) is 1.79. The maximum atomic E-state index is 11.3. The Morgan fingerprint density at radius 1 is 1.29 bits per heavy atom. The van der Waals surface area contributed by atoms with Crippen molar-refractivity contribution < 1.29 is 14.3 Å². The van der Waals surface area contributed by atoms with Crippen LogP contribution in [-0.2, 0) is 28.7 Å². The molecule has 1 aliphatic heterocycles. The number of aryl methyl sites for hydroxylation is 1. The van der Waals surface area contributed by atoms with Gasteiger partial charge in [0.25, 0.3) is 0 Å². The lowest BCUT2D eigenvalue weighted by atomic mass is 10.0. The zero-order valence-electron chi connectivity index (χ0n) is 19.7. The highest BCUT2D eigenvalue weighted by Gasteiger charge is 2.30. The van der Waals surface area contributed by atoms with Crippen LogP contribution in [0.3, 0.4) is 0 Å². The van der Waals surface area contributed by atoms with Gasteiger partial charge in [0, 0.05) is 32.3 Å². The van der Waals surface area contributed by atoms with E-state index in [1.807, 2.05) is 24.6 Å². The zero-order valence-corrected chi connectivity index (χ0v) is 19.7. The molecule has 4 aromatic heterocycles. The molecule has 178 valence electrons. The van der Waals surface area contributed by atoms with E-state index in [-0.39, 0.29) is 17.2 Å². The number of carbonyl (C=O) groups excluding carboxylic acids is 1. The van der Waals surface area contributed by atoms with E-state index in [1.54, 1.807) is 23.7 Å². The first kappa shape index (κ1) is 22.3. The first-order valence-electron chi connectivity index (χ1n) is 10.9. The van der Waals surface area contributed by atoms with Gasteiger partial charge in [-0.05, 0) is 19.9 Å². The molecule has 0 aliphatic carbocycles. The number of fused-ring (bicyclic) bond motifs is 2. The average Bonchev–Trinajstić information content (AvgIpc) is 3.36. The number of hydrogen-bond acceptors (Lipinski definition) is 9. The Morgan fingerprint density at radius 2 is 2.11 bits per heavy atom. The summed E-state index contributed by atoms with van der Waals surface area (Å²) in [6.45, 7) is 6.66. The van der Waals surface area contributed by atoms with Crippen molar-refractivity contribution in [2.24, 2.45) is 7.05 Å². The molecule has 1 aliphatic rings. The number of nitrogens with zero attached hydrogens (tertiary/aromatic N) is 7. The van der Waals surface area contributed by atoms with E-state index < -0.39 is 5.60 Å². The molecule has 0 aromatic carbocycles. The third-order valence-electron chi connectivity index (χ3n) is 5.64. The highest BCUT2D eigenvalue weighted by molar-refractivity contribution is 5.87. The Morgan fingerprint density at radius 3 is 2.86 bits per heavy atom. The molecule has 35 heavy (non-hydrogen) atoms. The molecule has 5 rings (SSSR count). The highest BCUT2D eigenvalue weighted by atomic mass is 16.5. The van der Waals surface area contributed by atoms with E-state index >= 15 is 0 Å². The normalized spacial score (nSPS) is 14.3. The molecule has 0 radical (unpaired) electrons. The zero-order chi connectivity index (χ0) is 24.7. The molecule has 0 unspecified atom stereocenters. The van der Waals surface area contributed by atoms with Crippen LogP contribution in [0.4, 0.5) is 17.6 Å². The highest BCUT2D eigenvalue weighted by Crippen LogP contribution is 2.33. The van der Waals surface area contributed by atoms with E-state index in [0.717, 1.165) is 5.69 Å². The number of rotatable bonds is 5. The van der Waals surface area contributed by atoms with Crippen LogP contribution in [0, 0.1) is 11.3 Å². The predicted octanol–water partition coefficient (Wildman–Crippen LogP) is 3.19. The first-order valence-corrected chi connectivity index (χ1v) is 10.9. The monoisotopic (exact) mass is 473 g/mol. The number of hydrogen-bond donors (Lipinski definition) is 2. The standard InChI is InChI=1S/C23H23N9O3/c1-13(33)27-18-9-14(5-6-25-18)35-16-12-26-21-20(15(16)11-24)31(4)22(29-21)28-19-10-17-23(2,3)34-8-7-32(17)30-19/h5-6,9-10,12H,7-8H2,1-4H3,(H,25,27,33)(H,26,28,29,30). The minimum atomic E-state index is -0.438. The molecule has 5 heterocycles. The number of ether oxygens (including phenoxy) is 2. The van der Waals surface area contributed by atoms with Crippen molar-refractivity contribution in [1.29, 1.82) is 5.26 Å². The van der Waals surface area contributed by atoms with Gasteiger partial charge in [-0.3, -0.25) is 9.48 Å². The minimum absolute atomic E-state index is 0.250. The van der Waals surface area contributed by atoms with Gasteiger partial charge in [-0.25, -0.2) is 9.97 Å². The summed E-state index contributed by atoms with van der Waals surface area (Å²) in [6, 6.07) is 7.32. The Kier molecular flexibility index (Phi) is 5.33. The van der Waals surface area contributed by atoms with Crippen molar-refractivity contribution in [3.05, 3.63) is 41.9 Å². The van der Waals surface area contributed by atoms with Crippen molar-refractivity contribution >= 4 is 34.7 Å². The number of pyridine rings is 2. The van der Waals surface area contributed by atoms with Gasteiger partial charge in [0.2, 0.25) is 11.9 Å². The second-order valence-electron chi connectivity index (χ2n) is 8.56. The van der Waals surface area contributed by atoms with E-state index in [4.69, 9.17) is 9.47 Å². The fourth-order valence-corrected chi connectivity index (χ4v) is 4.01. The van der Waals surface area contributed by atoms with Gasteiger partial charge >= 0.3 is 0 Å². The molecule has 12 heteroatoms. The molecule has 12 nitrogen and oxygen atoms in total. The fraction of sp³-hybridized carbons (Fsp3) is 0.304. The summed E-state index contributed by atoms with van der Waals surface area (Å²) in [4.78, 5) is 24.3. The third kappa shape index (κ3) is 4.13. The quantitative estimate of drug-likeness (QED) is 0.446. The van der Waals surface area contributed by atoms with Crippen molar-refractivity contribution in [1.82, 2.24) is 29.3 Å². The summed E-state index contributed by atoms with van der Waals surface area (Å²) < 4.78 is 15.4. The van der Waals surface area contributed by atoms with Gasteiger partial charge in [-0.15, -0.1) is 0 Å². The second kappa shape index (κ2) is 8.37. The summed E-state index contributed by atoms with van der Waals surface area (Å²) in [5.74, 6) is 1.84. The van der Waals surface area contributed by atoms with Crippen LogP contribution in [0.1, 0.15) is 32.0 Å². The van der Waals surface area contributed by atoms with Gasteiger partial charge in [0.1, 0.15) is 34.3 Å². The van der Waals surface area contributed by atoms with E-state index in [1.165, 1.54) is 19.3 Å². The van der Waals surface area contributed by atoms with Crippen LogP contribution < -0.4 is 15.4 Å². The van der Waals surface area contributed by atoms with E-state index in [9.17, 15) is 10.1 Å². The lowest BCUT2D eigenvalue weighted by Gasteiger charge is -2.30. The molecule has 4 aromatic rings. The van der Waals surface area contributed by atoms with E-state index in [0.29, 0.717) is 47.6 Å². The molecule has 0 fully saturated rings. The number of anilines is 3. The third-order valence-corrected chi connectivity index (χ3v) is 5.64. The van der Waals surface area contributed by atoms with Crippen LogP contribution in [0.15, 0.2) is 30.6 Å². The maximum Gasteiger partial charge on any atom is 0.222 e. The van der Waals surface area contributed by atoms with Crippen molar-refractivity contribution in [3.8, 4) is 17.6 Å². The Labute approximate surface area is 200 Å². The summed E-state index contributed by atoms with van der Waals surface area (Å²) in [6.07, 6.45) is 2.95. The van der Waals surface area contributed by atoms with Crippen molar-refractivity contribution in [3.63, 3.8) is 0 Å². The van der Waals surface area contributed by atoms with Crippen LogP contribution >= 0.6 is 0 Å². The molecule has 0 atom stereocenters. The number of amides is 1. The molecule has 0 saturated carbocycles. The lowest BCUT2D eigenvalue weighted by molar-refractivity contribution is -0.114. The van der Waals surface area contributed by atoms with Crippen LogP contribution in [-0.4, -0.2) is 41.8 Å². The number of carbonyl (C=O) groups is 1. The largest absolute Gasteiger partial charge is 0.454 e. The maximum absolute atomic E-state index is 11.3. The van der Waals surface area contributed by atoms with Gasteiger partial charge in [0.15, 0.2) is 17.2 Å². The fourth-order valence-electron chi connectivity index (χ4n) is 4.01. The predicted molar refractivity (Wildman–Crippen MR) is 126 cm³/mol. The number of aromatic nitrogens is 6. The van der Waals surface area contributed by atoms with Crippen LogP contribution in [0.5, 0.6) is 11.5 Å². The first-order chi connectivity index (χ1) is 16.7. The summed E-state index contributed by atoms with van der Waals surface area (Å²) in [5, 5.41) is 20.4. The Balaban J connectivity index is 1.48. The lowest BCUT2D eigenvalue weighted by Crippen LogP contribution is -2.33. The number of nitrogens with one attached hydrogen (secondary N) is 2. The van der Waals surface area contributed by atoms with Crippen LogP contribution in [0.25, 0.3) is 11.2 Å². The van der Waals surface area contributed by atoms with Gasteiger partial charge in [-0.2, -0.15) is 15.3 Å². The van der Waals surface area contributed by atoms with Gasteiger partial charge in [-0.1, -0.05) is 0 Å². The molecule has 0 bridgehead atoms. The smallest absolute Gasteiger partial charge is 0.222 e. The molecular formula is C23H23N9O3. The van der Waals surface area contributed by atoms with E-state index in [2.05, 4.69) is 36.8 Å². The van der Waals surface area contributed by atoms with Crippen molar-refractivity contribution in [2.75, 3.05) is 17.2 Å². The topological polar surface area (TPSA) is 145 Å². The second-order valence-corrected chi connectivity index (χ2v) is 8.56. The van der Waals surface area contributed by atoms with Crippen LogP contribution in [0.2, 0.25) is 0 Å². The molecule has 2 N–H and O–H groups in total. The Hall–Kier alpha value is -4.50. The number of nitriles is 1. The minimum Gasteiger partial charge on any atom is -0.454 e. The average molecular weight is 473 g/mol. The SMILES string of the molecule is CC(=O)Nc1cc(Oc2cnc3nc(Nc4cc5n(n4)CCOC5(C)C)n(C)c3c2C#N)ccn1. The molecule has 0 spiro atoms. The molecular weight excluding hydrogens is 450 g/mol. The summed E-state index contributed by atoms with van der Waals surface area (Å²) >= 11 is 0. The van der Waals surface area contributed by atoms with Gasteiger partial charge < -0.3 is 24.7 Å².